The van der Waals surface area contributed by atoms with E-state index in [1.165, 1.54) is 16.2 Å². The van der Waals surface area contributed by atoms with Crippen molar-refractivity contribution in [2.45, 2.75) is 39.0 Å². The Kier molecular flexibility index (Phi) is 7.66. The fourth-order valence-electron chi connectivity index (χ4n) is 3.35. The second-order valence-corrected chi connectivity index (χ2v) is 8.27. The van der Waals surface area contributed by atoms with Gasteiger partial charge in [-0.15, -0.1) is 11.3 Å². The second-order valence-electron chi connectivity index (χ2n) is 7.17. The summed E-state index contributed by atoms with van der Waals surface area (Å²) in [4.78, 5) is 26.5. The zero-order chi connectivity index (χ0) is 20.6. The molecule has 2 amide bonds. The van der Waals surface area contributed by atoms with E-state index in [-0.39, 0.29) is 18.4 Å². The van der Waals surface area contributed by atoms with E-state index in [9.17, 15) is 9.59 Å². The van der Waals surface area contributed by atoms with E-state index in [4.69, 9.17) is 9.47 Å². The predicted octanol–water partition coefficient (Wildman–Crippen LogP) is 3.72. The Morgan fingerprint density at radius 2 is 1.90 bits per heavy atom. The Morgan fingerprint density at radius 1 is 1.14 bits per heavy atom. The summed E-state index contributed by atoms with van der Waals surface area (Å²) in [7, 11) is 1.64. The van der Waals surface area contributed by atoms with Gasteiger partial charge >= 0.3 is 0 Å². The summed E-state index contributed by atoms with van der Waals surface area (Å²) in [5.41, 5.74) is 2.83. The van der Waals surface area contributed by atoms with Gasteiger partial charge < -0.3 is 20.1 Å². The van der Waals surface area contributed by atoms with Crippen LogP contribution < -0.4 is 15.4 Å². The highest BCUT2D eigenvalue weighted by molar-refractivity contribution is 7.17. The van der Waals surface area contributed by atoms with Crippen LogP contribution in [-0.4, -0.2) is 38.7 Å². The molecule has 0 spiro atoms. The molecule has 1 aromatic heterocycles. The van der Waals surface area contributed by atoms with E-state index < -0.39 is 0 Å². The molecule has 7 heteroatoms. The van der Waals surface area contributed by atoms with Gasteiger partial charge in [0.25, 0.3) is 11.8 Å². The number of methoxy groups -OCH3 is 1. The van der Waals surface area contributed by atoms with Crippen LogP contribution in [0.4, 0.5) is 5.00 Å². The van der Waals surface area contributed by atoms with Crippen LogP contribution in [0.15, 0.2) is 24.3 Å². The van der Waals surface area contributed by atoms with Crippen LogP contribution in [0.1, 0.15) is 45.6 Å². The van der Waals surface area contributed by atoms with Crippen molar-refractivity contribution in [3.05, 3.63) is 45.8 Å². The molecule has 156 valence electrons. The number of benzene rings is 1. The maximum atomic E-state index is 12.8. The minimum Gasteiger partial charge on any atom is -0.484 e. The number of ether oxygens (including phenoxy) is 2. The molecule has 2 aromatic rings. The molecule has 6 nitrogen and oxygen atoms in total. The van der Waals surface area contributed by atoms with Crippen molar-refractivity contribution in [2.24, 2.45) is 0 Å². The van der Waals surface area contributed by atoms with Crippen molar-refractivity contribution in [2.75, 3.05) is 32.2 Å². The molecule has 0 unspecified atom stereocenters. The van der Waals surface area contributed by atoms with E-state index in [1.807, 2.05) is 31.2 Å². The van der Waals surface area contributed by atoms with Crippen LogP contribution in [0.25, 0.3) is 0 Å². The lowest BCUT2D eigenvalue weighted by molar-refractivity contribution is -0.118. The predicted molar refractivity (Wildman–Crippen MR) is 115 cm³/mol. The maximum Gasteiger partial charge on any atom is 0.262 e. The van der Waals surface area contributed by atoms with Crippen LogP contribution in [0.5, 0.6) is 5.75 Å². The number of rotatable bonds is 9. The van der Waals surface area contributed by atoms with E-state index in [0.29, 0.717) is 29.5 Å². The lowest BCUT2D eigenvalue weighted by atomic mass is 9.95. The van der Waals surface area contributed by atoms with E-state index in [1.54, 1.807) is 7.11 Å². The molecule has 0 bridgehead atoms. The first-order valence-electron chi connectivity index (χ1n) is 9.99. The summed E-state index contributed by atoms with van der Waals surface area (Å²) >= 11 is 1.51. The Bertz CT molecular complexity index is 845. The number of nitrogens with one attached hydrogen (secondary N) is 2. The monoisotopic (exact) mass is 416 g/mol. The maximum absolute atomic E-state index is 12.8. The van der Waals surface area contributed by atoms with E-state index in [2.05, 4.69) is 10.6 Å². The molecule has 2 N–H and O–H groups in total. The normalized spacial score (nSPS) is 12.9. The molecule has 1 aliphatic rings. The molecule has 0 saturated carbocycles. The number of carbonyl (C=O) groups excluding carboxylic acids is 2. The minimum atomic E-state index is -0.266. The first-order valence-corrected chi connectivity index (χ1v) is 10.8. The first-order chi connectivity index (χ1) is 14.1. The van der Waals surface area contributed by atoms with Gasteiger partial charge in [0.05, 0.1) is 5.56 Å². The zero-order valence-corrected chi connectivity index (χ0v) is 17.8. The Morgan fingerprint density at radius 3 is 2.66 bits per heavy atom. The average Bonchev–Trinajstić information content (AvgIpc) is 3.08. The van der Waals surface area contributed by atoms with Gasteiger partial charge in [-0.2, -0.15) is 0 Å². The Balaban J connectivity index is 1.67. The minimum absolute atomic E-state index is 0.0967. The molecular formula is C22H28N2O4S. The standard InChI is InChI=1S/C22H28N2O4S/c1-15-8-10-16(11-9-15)28-14-19(25)24-22-20(21(26)23-12-5-13-27-2)17-6-3-4-7-18(17)29-22/h8-11H,3-7,12-14H2,1-2H3,(H,23,26)(H,24,25). The number of anilines is 1. The van der Waals surface area contributed by atoms with Crippen LogP contribution >= 0.6 is 11.3 Å². The zero-order valence-electron chi connectivity index (χ0n) is 17.0. The number of hydrogen-bond acceptors (Lipinski definition) is 5. The van der Waals surface area contributed by atoms with Gasteiger partial charge in [-0.25, -0.2) is 0 Å². The molecule has 0 aliphatic heterocycles. The van der Waals surface area contributed by atoms with Crippen LogP contribution in [0.2, 0.25) is 0 Å². The number of aryl methyl sites for hydroxylation is 2. The van der Waals surface area contributed by atoms with Gasteiger partial charge in [0, 0.05) is 25.1 Å². The number of carbonyl (C=O) groups is 2. The highest BCUT2D eigenvalue weighted by Crippen LogP contribution is 2.38. The number of fused-ring (bicyclic) bond motifs is 1. The summed E-state index contributed by atoms with van der Waals surface area (Å²) in [5, 5.41) is 6.48. The summed E-state index contributed by atoms with van der Waals surface area (Å²) in [6.07, 6.45) is 4.77. The van der Waals surface area contributed by atoms with Gasteiger partial charge in [0.1, 0.15) is 10.8 Å². The van der Waals surface area contributed by atoms with Crippen molar-refractivity contribution in [3.63, 3.8) is 0 Å². The summed E-state index contributed by atoms with van der Waals surface area (Å²) in [5.74, 6) is 0.250. The lowest BCUT2D eigenvalue weighted by Gasteiger charge is -2.13. The van der Waals surface area contributed by atoms with Crippen LogP contribution in [0.3, 0.4) is 0 Å². The molecule has 3 rings (SSSR count). The van der Waals surface area contributed by atoms with Crippen molar-refractivity contribution in [3.8, 4) is 5.75 Å². The molecule has 1 aromatic carbocycles. The van der Waals surface area contributed by atoms with Gasteiger partial charge in [-0.1, -0.05) is 17.7 Å². The third kappa shape index (κ3) is 5.81. The smallest absolute Gasteiger partial charge is 0.262 e. The SMILES string of the molecule is COCCCNC(=O)c1c(NC(=O)COc2ccc(C)cc2)sc2c1CCCC2. The third-order valence-electron chi connectivity index (χ3n) is 4.85. The summed E-state index contributed by atoms with van der Waals surface area (Å²) in [6.45, 7) is 3.04. The van der Waals surface area contributed by atoms with Crippen LogP contribution in [0, 0.1) is 6.92 Å². The fourth-order valence-corrected chi connectivity index (χ4v) is 4.65. The van der Waals surface area contributed by atoms with Gasteiger partial charge in [-0.3, -0.25) is 9.59 Å². The van der Waals surface area contributed by atoms with E-state index in [0.717, 1.165) is 43.2 Å². The molecule has 0 saturated heterocycles. The third-order valence-corrected chi connectivity index (χ3v) is 6.06. The molecule has 0 fully saturated rings. The van der Waals surface area contributed by atoms with Gasteiger partial charge in [-0.05, 0) is 56.7 Å². The molecular weight excluding hydrogens is 388 g/mol. The first kappa shape index (κ1) is 21.3. The molecule has 0 radical (unpaired) electrons. The molecule has 1 aliphatic carbocycles. The molecule has 1 heterocycles. The number of amides is 2. The Hall–Kier alpha value is -2.38. The van der Waals surface area contributed by atoms with Crippen LogP contribution in [-0.2, 0) is 22.4 Å². The van der Waals surface area contributed by atoms with Crippen molar-refractivity contribution in [1.29, 1.82) is 0 Å². The molecule has 29 heavy (non-hydrogen) atoms. The van der Waals surface area contributed by atoms with E-state index >= 15 is 0 Å². The number of hydrogen-bond donors (Lipinski definition) is 2. The highest BCUT2D eigenvalue weighted by Gasteiger charge is 2.26. The largest absolute Gasteiger partial charge is 0.484 e. The van der Waals surface area contributed by atoms with Crippen molar-refractivity contribution in [1.82, 2.24) is 5.32 Å². The lowest BCUT2D eigenvalue weighted by Crippen LogP contribution is -2.28. The quantitative estimate of drug-likeness (QED) is 0.611. The van der Waals surface area contributed by atoms with Crippen molar-refractivity contribution < 1.29 is 19.1 Å². The average molecular weight is 417 g/mol. The fraction of sp³-hybridized carbons (Fsp3) is 0.455. The van der Waals surface area contributed by atoms with Gasteiger partial charge in [0.2, 0.25) is 0 Å². The molecule has 0 atom stereocenters. The summed E-state index contributed by atoms with van der Waals surface area (Å²) in [6, 6.07) is 7.55. The second kappa shape index (κ2) is 10.4. The Labute approximate surface area is 175 Å². The highest BCUT2D eigenvalue weighted by atomic mass is 32.1. The van der Waals surface area contributed by atoms with Crippen molar-refractivity contribution >= 4 is 28.2 Å². The number of thiophene rings is 1. The van der Waals surface area contributed by atoms with Gasteiger partial charge in [0.15, 0.2) is 6.61 Å². The topological polar surface area (TPSA) is 76.7 Å². The summed E-state index contributed by atoms with van der Waals surface area (Å²) < 4.78 is 10.6.